The zero-order valence-corrected chi connectivity index (χ0v) is 11.7. The van der Waals surface area contributed by atoms with Crippen LogP contribution >= 0.6 is 11.6 Å². The van der Waals surface area contributed by atoms with Crippen molar-refractivity contribution in [2.75, 3.05) is 13.2 Å². The van der Waals surface area contributed by atoms with E-state index in [4.69, 9.17) is 16.3 Å². The van der Waals surface area contributed by atoms with Crippen molar-refractivity contribution in [3.63, 3.8) is 0 Å². The number of esters is 1. The molecule has 0 heterocycles. The highest BCUT2D eigenvalue weighted by molar-refractivity contribution is 6.31. The summed E-state index contributed by atoms with van der Waals surface area (Å²) in [5, 5.41) is 3.35. The molecule has 0 unspecified atom stereocenters. The SMILES string of the molecule is CCOC(=O)CCNC(=O)CCc1ccccc1Cl. The molecule has 0 fully saturated rings. The largest absolute Gasteiger partial charge is 0.466 e. The second kappa shape index (κ2) is 8.53. The first-order valence-corrected chi connectivity index (χ1v) is 6.67. The highest BCUT2D eigenvalue weighted by Gasteiger charge is 2.06. The van der Waals surface area contributed by atoms with Crippen LogP contribution in [0.15, 0.2) is 24.3 Å². The molecule has 1 aromatic rings. The summed E-state index contributed by atoms with van der Waals surface area (Å²) >= 11 is 6.00. The number of carbonyl (C=O) groups excluding carboxylic acids is 2. The maximum Gasteiger partial charge on any atom is 0.307 e. The topological polar surface area (TPSA) is 55.4 Å². The molecule has 0 saturated carbocycles. The summed E-state index contributed by atoms with van der Waals surface area (Å²) in [7, 11) is 0. The maximum atomic E-state index is 11.6. The number of benzene rings is 1. The van der Waals surface area contributed by atoms with Crippen LogP contribution in [0.4, 0.5) is 0 Å². The third-order valence-corrected chi connectivity index (χ3v) is 2.90. The summed E-state index contributed by atoms with van der Waals surface area (Å²) in [6.07, 6.45) is 1.14. The highest BCUT2D eigenvalue weighted by Crippen LogP contribution is 2.16. The molecule has 19 heavy (non-hydrogen) atoms. The smallest absolute Gasteiger partial charge is 0.307 e. The molecule has 0 spiro atoms. The molecular formula is C14H18ClNO3. The van der Waals surface area contributed by atoms with Gasteiger partial charge in [0.25, 0.3) is 0 Å². The lowest BCUT2D eigenvalue weighted by atomic mass is 10.1. The summed E-state index contributed by atoms with van der Waals surface area (Å²) in [5.74, 6) is -0.391. The quantitative estimate of drug-likeness (QED) is 0.782. The van der Waals surface area contributed by atoms with Crippen LogP contribution in [0, 0.1) is 0 Å². The minimum absolute atomic E-state index is 0.0933. The molecule has 0 radical (unpaired) electrons. The molecule has 0 aliphatic carbocycles. The molecule has 0 saturated heterocycles. The van der Waals surface area contributed by atoms with Crippen molar-refractivity contribution in [3.05, 3.63) is 34.9 Å². The average molecular weight is 284 g/mol. The fourth-order valence-corrected chi connectivity index (χ4v) is 1.81. The number of amides is 1. The fourth-order valence-electron chi connectivity index (χ4n) is 1.57. The number of hydrogen-bond acceptors (Lipinski definition) is 3. The van der Waals surface area contributed by atoms with Gasteiger partial charge >= 0.3 is 5.97 Å². The van der Waals surface area contributed by atoms with Crippen molar-refractivity contribution in [2.24, 2.45) is 0 Å². The van der Waals surface area contributed by atoms with Gasteiger partial charge in [0.05, 0.1) is 13.0 Å². The first-order chi connectivity index (χ1) is 9.13. The van der Waals surface area contributed by atoms with Gasteiger partial charge in [-0.3, -0.25) is 9.59 Å². The highest BCUT2D eigenvalue weighted by atomic mass is 35.5. The fraction of sp³-hybridized carbons (Fsp3) is 0.429. The van der Waals surface area contributed by atoms with E-state index in [1.165, 1.54) is 0 Å². The van der Waals surface area contributed by atoms with E-state index in [1.807, 2.05) is 18.2 Å². The first kappa shape index (κ1) is 15.5. The van der Waals surface area contributed by atoms with Crippen LogP contribution in [0.25, 0.3) is 0 Å². The number of rotatable bonds is 7. The Balaban J connectivity index is 2.22. The molecule has 104 valence electrons. The predicted octanol–water partition coefficient (Wildman–Crippen LogP) is 2.34. The lowest BCUT2D eigenvalue weighted by Gasteiger charge is -2.06. The van der Waals surface area contributed by atoms with Gasteiger partial charge in [-0.25, -0.2) is 0 Å². The van der Waals surface area contributed by atoms with Gasteiger partial charge in [-0.2, -0.15) is 0 Å². The van der Waals surface area contributed by atoms with Crippen molar-refractivity contribution < 1.29 is 14.3 Å². The standard InChI is InChI=1S/C14H18ClNO3/c1-2-19-14(18)9-10-16-13(17)8-7-11-5-3-4-6-12(11)15/h3-6H,2,7-10H2,1H3,(H,16,17). The summed E-state index contributed by atoms with van der Waals surface area (Å²) < 4.78 is 4.76. The van der Waals surface area contributed by atoms with Crippen LogP contribution in [0.5, 0.6) is 0 Å². The van der Waals surface area contributed by atoms with Gasteiger partial charge < -0.3 is 10.1 Å². The Morgan fingerprint density at radius 1 is 1.26 bits per heavy atom. The molecule has 0 atom stereocenters. The first-order valence-electron chi connectivity index (χ1n) is 6.29. The van der Waals surface area contributed by atoms with Crippen LogP contribution < -0.4 is 5.32 Å². The van der Waals surface area contributed by atoms with E-state index in [2.05, 4.69) is 5.32 Å². The van der Waals surface area contributed by atoms with E-state index in [0.29, 0.717) is 31.0 Å². The summed E-state index contributed by atoms with van der Waals surface area (Å²) in [4.78, 5) is 22.6. The van der Waals surface area contributed by atoms with Gasteiger partial charge in [-0.15, -0.1) is 0 Å². The Labute approximate surface area is 118 Å². The van der Waals surface area contributed by atoms with E-state index >= 15 is 0 Å². The molecule has 4 nitrogen and oxygen atoms in total. The van der Waals surface area contributed by atoms with E-state index in [-0.39, 0.29) is 18.3 Å². The van der Waals surface area contributed by atoms with Crippen LogP contribution in [-0.2, 0) is 20.7 Å². The summed E-state index contributed by atoms with van der Waals surface area (Å²) in [5.41, 5.74) is 0.949. The second-order valence-corrected chi connectivity index (χ2v) is 4.40. The van der Waals surface area contributed by atoms with Crippen molar-refractivity contribution in [1.29, 1.82) is 0 Å². The Kier molecular flexibility index (Phi) is 6.97. The van der Waals surface area contributed by atoms with Crippen LogP contribution in [-0.4, -0.2) is 25.0 Å². The number of hydrogen-bond donors (Lipinski definition) is 1. The number of carbonyl (C=O) groups is 2. The predicted molar refractivity (Wildman–Crippen MR) is 74.0 cm³/mol. The molecular weight excluding hydrogens is 266 g/mol. The minimum Gasteiger partial charge on any atom is -0.466 e. The van der Waals surface area contributed by atoms with Crippen LogP contribution in [0.2, 0.25) is 5.02 Å². The van der Waals surface area contributed by atoms with Crippen LogP contribution in [0.3, 0.4) is 0 Å². The van der Waals surface area contributed by atoms with E-state index in [0.717, 1.165) is 5.56 Å². The molecule has 0 bridgehead atoms. The zero-order chi connectivity index (χ0) is 14.1. The van der Waals surface area contributed by atoms with Crippen molar-refractivity contribution in [3.8, 4) is 0 Å². The number of halogens is 1. The van der Waals surface area contributed by atoms with Gasteiger partial charge in [-0.1, -0.05) is 29.8 Å². The third kappa shape index (κ3) is 6.25. The Morgan fingerprint density at radius 3 is 2.68 bits per heavy atom. The van der Waals surface area contributed by atoms with E-state index < -0.39 is 0 Å². The average Bonchev–Trinajstić information content (AvgIpc) is 2.38. The Bertz CT molecular complexity index is 434. The number of aryl methyl sites for hydroxylation is 1. The molecule has 5 heteroatoms. The summed E-state index contributed by atoms with van der Waals surface area (Å²) in [6, 6.07) is 7.44. The number of ether oxygens (including phenoxy) is 1. The summed E-state index contributed by atoms with van der Waals surface area (Å²) in [6.45, 7) is 2.42. The monoisotopic (exact) mass is 283 g/mol. The lowest BCUT2D eigenvalue weighted by Crippen LogP contribution is -2.26. The van der Waals surface area contributed by atoms with Gasteiger partial charge in [0, 0.05) is 18.0 Å². The van der Waals surface area contributed by atoms with Crippen molar-refractivity contribution >= 4 is 23.5 Å². The van der Waals surface area contributed by atoms with Gasteiger partial charge in [0.1, 0.15) is 0 Å². The Hall–Kier alpha value is -1.55. The molecule has 1 N–H and O–H groups in total. The maximum absolute atomic E-state index is 11.6. The molecule has 1 amide bonds. The van der Waals surface area contributed by atoms with Gasteiger partial charge in [0.2, 0.25) is 5.91 Å². The van der Waals surface area contributed by atoms with Gasteiger partial charge in [0.15, 0.2) is 0 Å². The molecule has 0 aromatic heterocycles. The van der Waals surface area contributed by atoms with Gasteiger partial charge in [-0.05, 0) is 25.0 Å². The van der Waals surface area contributed by atoms with E-state index in [9.17, 15) is 9.59 Å². The number of nitrogens with one attached hydrogen (secondary N) is 1. The van der Waals surface area contributed by atoms with E-state index in [1.54, 1.807) is 13.0 Å². The van der Waals surface area contributed by atoms with Crippen molar-refractivity contribution in [2.45, 2.75) is 26.2 Å². The molecule has 0 aliphatic heterocycles. The molecule has 0 aliphatic rings. The normalized spacial score (nSPS) is 10.0. The van der Waals surface area contributed by atoms with Crippen LogP contribution in [0.1, 0.15) is 25.3 Å². The zero-order valence-electron chi connectivity index (χ0n) is 10.9. The van der Waals surface area contributed by atoms with Crippen molar-refractivity contribution in [1.82, 2.24) is 5.32 Å². The molecule has 1 rings (SSSR count). The second-order valence-electron chi connectivity index (χ2n) is 4.00. The Morgan fingerprint density at radius 2 is 2.00 bits per heavy atom. The lowest BCUT2D eigenvalue weighted by molar-refractivity contribution is -0.143. The third-order valence-electron chi connectivity index (χ3n) is 2.54. The minimum atomic E-state index is -0.297. The molecule has 1 aromatic carbocycles.